The maximum atomic E-state index is 6.10. The van der Waals surface area contributed by atoms with E-state index >= 15 is 0 Å². The van der Waals surface area contributed by atoms with E-state index in [2.05, 4.69) is 69.1 Å². The second-order valence-corrected chi connectivity index (χ2v) is 9.04. The van der Waals surface area contributed by atoms with Crippen molar-refractivity contribution in [1.29, 1.82) is 0 Å². The Hall–Kier alpha value is -1.70. The molecule has 0 amide bonds. The molecule has 0 saturated heterocycles. The van der Waals surface area contributed by atoms with Crippen LogP contribution in [-0.2, 0) is 9.89 Å². The quantitative estimate of drug-likeness (QED) is 0.290. The van der Waals surface area contributed by atoms with E-state index in [4.69, 9.17) is 9.47 Å². The lowest BCUT2D eigenvalue weighted by molar-refractivity contribution is 0.0494. The molecule has 28 heavy (non-hydrogen) atoms. The molecule has 4 heteroatoms. The molecule has 0 aliphatic heterocycles. The number of benzene rings is 2. The van der Waals surface area contributed by atoms with Crippen molar-refractivity contribution in [3.05, 3.63) is 58.7 Å². The zero-order valence-corrected chi connectivity index (χ0v) is 19.1. The third-order valence-electron chi connectivity index (χ3n) is 5.14. The summed E-state index contributed by atoms with van der Waals surface area (Å²) in [5.41, 5.74) is 4.97. The van der Waals surface area contributed by atoms with Crippen LogP contribution < -0.4 is 10.0 Å². The van der Waals surface area contributed by atoms with Gasteiger partial charge in [0.25, 0.3) is 0 Å². The first-order valence-electron chi connectivity index (χ1n) is 10.0. The lowest BCUT2D eigenvalue weighted by atomic mass is 9.87. The Morgan fingerprint density at radius 3 is 2.54 bits per heavy atom. The van der Waals surface area contributed by atoms with Gasteiger partial charge in [0.05, 0.1) is 0 Å². The molecular weight excluding hydrogens is 365 g/mol. The molecule has 0 aliphatic carbocycles. The monoisotopic (exact) mass is 399 g/mol. The van der Waals surface area contributed by atoms with Gasteiger partial charge in [-0.2, -0.15) is 0 Å². The van der Waals surface area contributed by atoms with Crippen LogP contribution >= 0.6 is 8.58 Å². The minimum atomic E-state index is 0.0340. The molecule has 3 nitrogen and oxygen atoms in total. The van der Waals surface area contributed by atoms with Crippen molar-refractivity contribution < 1.29 is 9.47 Å². The molecule has 0 bridgehead atoms. The Labute approximate surface area is 172 Å². The molecule has 2 aromatic rings. The average Bonchev–Trinajstić information content (AvgIpc) is 2.68. The smallest absolute Gasteiger partial charge is 0.188 e. The molecule has 0 aliphatic rings. The Morgan fingerprint density at radius 2 is 1.89 bits per heavy atom. The van der Waals surface area contributed by atoms with Crippen LogP contribution in [0.4, 0.5) is 0 Å². The van der Waals surface area contributed by atoms with Crippen molar-refractivity contribution in [1.82, 2.24) is 0 Å². The molecule has 0 saturated carbocycles. The first-order valence-corrected chi connectivity index (χ1v) is 11.0. The van der Waals surface area contributed by atoms with Crippen molar-refractivity contribution >= 4 is 20.1 Å². The van der Waals surface area contributed by atoms with Gasteiger partial charge in [-0.25, -0.2) is 0 Å². The van der Waals surface area contributed by atoms with Gasteiger partial charge in [0, 0.05) is 31.1 Å². The van der Waals surface area contributed by atoms with E-state index < -0.39 is 0 Å². The summed E-state index contributed by atoms with van der Waals surface area (Å²) in [6.07, 6.45) is 5.27. The number of aryl methyl sites for hydroxylation is 2. The number of ether oxygens (including phenoxy) is 2. The fourth-order valence-electron chi connectivity index (χ4n) is 3.89. The van der Waals surface area contributed by atoms with E-state index in [1.807, 2.05) is 13.3 Å². The Bertz CT molecular complexity index is 803. The van der Waals surface area contributed by atoms with Crippen molar-refractivity contribution in [3.8, 4) is 5.75 Å². The van der Waals surface area contributed by atoms with E-state index in [1.165, 1.54) is 27.6 Å². The zero-order chi connectivity index (χ0) is 20.6. The molecule has 2 atom stereocenters. The molecule has 2 aromatic carbocycles. The third-order valence-corrected chi connectivity index (χ3v) is 7.22. The van der Waals surface area contributed by atoms with Gasteiger partial charge in [0.2, 0.25) is 0 Å². The van der Waals surface area contributed by atoms with Gasteiger partial charge in [-0.1, -0.05) is 70.8 Å². The summed E-state index contributed by atoms with van der Waals surface area (Å²) < 4.78 is 11.3. The maximum absolute atomic E-state index is 6.10. The van der Waals surface area contributed by atoms with E-state index in [0.29, 0.717) is 8.58 Å². The molecule has 0 aromatic heterocycles. The van der Waals surface area contributed by atoms with Gasteiger partial charge in [0.1, 0.15) is 5.75 Å². The number of hydrogen-bond donors (Lipinski definition) is 0. The number of hydrogen-bond acceptors (Lipinski definition) is 3. The average molecular weight is 400 g/mol. The molecule has 2 rings (SSSR count). The van der Waals surface area contributed by atoms with Crippen LogP contribution in [0.2, 0.25) is 0 Å². The molecule has 0 N–H and O–H groups in total. The van der Waals surface area contributed by atoms with Crippen LogP contribution in [0.25, 0.3) is 0 Å². The lowest BCUT2D eigenvalue weighted by Gasteiger charge is -2.36. The fourth-order valence-corrected chi connectivity index (χ4v) is 5.75. The molecule has 0 heterocycles. The predicted octanol–water partition coefficient (Wildman–Crippen LogP) is 5.74. The van der Waals surface area contributed by atoms with Crippen molar-refractivity contribution in [3.63, 3.8) is 0 Å². The summed E-state index contributed by atoms with van der Waals surface area (Å²) in [6, 6.07) is 13.1. The lowest BCUT2D eigenvalue weighted by Crippen LogP contribution is -2.25. The first kappa shape index (κ1) is 22.6. The standard InChI is InChI=1S/C24H34NO2P/c1-7-13-24(8-2,28-22-12-10-9-11-20(22)16-25-5)21-15-18(3)14-19(4)23(21)27-17-26-6/h9-12,14-16,28H,7-8,13,17H2,1-6H3. The van der Waals surface area contributed by atoms with Gasteiger partial charge in [0.15, 0.2) is 6.79 Å². The Balaban J connectivity index is 2.63. The highest BCUT2D eigenvalue weighted by Gasteiger charge is 2.34. The SMILES string of the molecule is CCCC(CC)(Pc1ccccc1C=NC)c1cc(C)cc(C)c1OCOC. The maximum Gasteiger partial charge on any atom is 0.188 e. The van der Waals surface area contributed by atoms with Gasteiger partial charge < -0.3 is 9.47 Å². The number of methoxy groups -OCH3 is 1. The Kier molecular flexibility index (Phi) is 8.66. The van der Waals surface area contributed by atoms with Gasteiger partial charge in [-0.3, -0.25) is 4.99 Å². The number of rotatable bonds is 10. The molecule has 0 radical (unpaired) electrons. The minimum Gasteiger partial charge on any atom is -0.467 e. The highest BCUT2D eigenvalue weighted by atomic mass is 31.1. The van der Waals surface area contributed by atoms with Crippen molar-refractivity contribution in [2.45, 2.75) is 52.1 Å². The fraction of sp³-hybridized carbons (Fsp3) is 0.458. The van der Waals surface area contributed by atoms with Gasteiger partial charge >= 0.3 is 0 Å². The largest absolute Gasteiger partial charge is 0.467 e. The number of aliphatic imine (C=N–C) groups is 1. The summed E-state index contributed by atoms with van der Waals surface area (Å²) in [4.78, 5) is 4.27. The van der Waals surface area contributed by atoms with Crippen LogP contribution in [0.3, 0.4) is 0 Å². The van der Waals surface area contributed by atoms with E-state index in [-0.39, 0.29) is 11.9 Å². The normalized spacial score (nSPS) is 14.1. The molecule has 0 spiro atoms. The van der Waals surface area contributed by atoms with Gasteiger partial charge in [-0.05, 0) is 43.1 Å². The highest BCUT2D eigenvalue weighted by Crippen LogP contribution is 2.52. The molecule has 152 valence electrons. The van der Waals surface area contributed by atoms with Crippen LogP contribution in [0.15, 0.2) is 41.4 Å². The minimum absolute atomic E-state index is 0.0340. The molecule has 0 fully saturated rings. The van der Waals surface area contributed by atoms with E-state index in [9.17, 15) is 0 Å². The second kappa shape index (κ2) is 10.7. The van der Waals surface area contributed by atoms with Crippen LogP contribution in [0, 0.1) is 13.8 Å². The summed E-state index contributed by atoms with van der Waals surface area (Å²) in [5.74, 6) is 0.983. The van der Waals surface area contributed by atoms with E-state index in [1.54, 1.807) is 7.11 Å². The van der Waals surface area contributed by atoms with Gasteiger partial charge in [-0.15, -0.1) is 0 Å². The second-order valence-electron chi connectivity index (χ2n) is 7.29. The van der Waals surface area contributed by atoms with E-state index in [0.717, 1.165) is 25.0 Å². The molecule has 2 unspecified atom stereocenters. The Morgan fingerprint density at radius 1 is 1.14 bits per heavy atom. The third kappa shape index (κ3) is 5.21. The summed E-state index contributed by atoms with van der Waals surface area (Å²) in [5, 5.41) is 1.40. The van der Waals surface area contributed by atoms with Crippen molar-refractivity contribution in [2.75, 3.05) is 21.0 Å². The van der Waals surface area contributed by atoms with Crippen LogP contribution in [-0.4, -0.2) is 27.2 Å². The summed E-state index contributed by atoms with van der Waals surface area (Å²) in [6.45, 7) is 9.15. The zero-order valence-electron chi connectivity index (χ0n) is 18.1. The highest BCUT2D eigenvalue weighted by molar-refractivity contribution is 7.48. The predicted molar refractivity (Wildman–Crippen MR) is 123 cm³/mol. The topological polar surface area (TPSA) is 30.8 Å². The van der Waals surface area contributed by atoms with Crippen LogP contribution in [0.1, 0.15) is 55.4 Å². The van der Waals surface area contributed by atoms with Crippen molar-refractivity contribution in [2.24, 2.45) is 4.99 Å². The first-order chi connectivity index (χ1) is 13.5. The molecular formula is C24H34NO2P. The van der Waals surface area contributed by atoms with Crippen LogP contribution in [0.5, 0.6) is 5.75 Å². The number of nitrogens with zero attached hydrogens (tertiary/aromatic N) is 1. The summed E-state index contributed by atoms with van der Waals surface area (Å²) in [7, 11) is 4.14. The summed E-state index contributed by atoms with van der Waals surface area (Å²) >= 11 is 0.